The lowest BCUT2D eigenvalue weighted by molar-refractivity contribution is -0.123. The van der Waals surface area contributed by atoms with Gasteiger partial charge in [-0.2, -0.15) is 4.31 Å². The summed E-state index contributed by atoms with van der Waals surface area (Å²) in [6.45, 7) is 5.87. The molecule has 30 heavy (non-hydrogen) atoms. The summed E-state index contributed by atoms with van der Waals surface area (Å²) >= 11 is 0. The van der Waals surface area contributed by atoms with E-state index >= 15 is 0 Å². The van der Waals surface area contributed by atoms with Crippen LogP contribution < -0.4 is 10.6 Å². The van der Waals surface area contributed by atoms with Crippen molar-refractivity contribution in [3.63, 3.8) is 0 Å². The quantitative estimate of drug-likeness (QED) is 0.515. The fourth-order valence-electron chi connectivity index (χ4n) is 3.03. The molecular formula is C20H31N3O6S. The highest BCUT2D eigenvalue weighted by atomic mass is 32.2. The zero-order valence-electron chi connectivity index (χ0n) is 17.7. The third kappa shape index (κ3) is 6.49. The molecule has 0 aromatic heterocycles. The van der Waals surface area contributed by atoms with E-state index in [1.807, 2.05) is 13.8 Å². The van der Waals surface area contributed by atoms with Gasteiger partial charge in [0.05, 0.1) is 18.1 Å². The van der Waals surface area contributed by atoms with Crippen LogP contribution in [0.15, 0.2) is 29.2 Å². The lowest BCUT2D eigenvalue weighted by atomic mass is 10.0. The van der Waals surface area contributed by atoms with Gasteiger partial charge in [-0.15, -0.1) is 0 Å². The zero-order chi connectivity index (χ0) is 22.1. The van der Waals surface area contributed by atoms with Crippen molar-refractivity contribution < 1.29 is 27.5 Å². The summed E-state index contributed by atoms with van der Waals surface area (Å²) in [4.78, 5) is 25.3. The Balaban J connectivity index is 2.10. The molecule has 1 aliphatic heterocycles. The predicted octanol–water partition coefficient (Wildman–Crippen LogP) is 0.615. The molecule has 1 heterocycles. The summed E-state index contributed by atoms with van der Waals surface area (Å²) < 4.78 is 37.2. The molecule has 2 rings (SSSR count). The number of morpholine rings is 1. The Morgan fingerprint density at radius 3 is 2.57 bits per heavy atom. The van der Waals surface area contributed by atoms with Crippen molar-refractivity contribution in [3.05, 3.63) is 29.8 Å². The van der Waals surface area contributed by atoms with E-state index in [0.29, 0.717) is 32.8 Å². The summed E-state index contributed by atoms with van der Waals surface area (Å²) in [5.41, 5.74) is 0.183. The van der Waals surface area contributed by atoms with E-state index in [4.69, 9.17) is 9.47 Å². The standard InChI is InChI=1S/C20H31N3O6S/c1-15(2)18(20(25)21-8-5-11-28-3)22-19(24)16-6-4-7-17(14-16)30(26,27)23-9-12-29-13-10-23/h4,6-7,14-15,18H,5,8-13H2,1-3H3,(H,21,25)(H,22,24)/t18-/m0/s1. The third-order valence-corrected chi connectivity index (χ3v) is 6.66. The molecule has 168 valence electrons. The highest BCUT2D eigenvalue weighted by Gasteiger charge is 2.28. The van der Waals surface area contributed by atoms with Crippen molar-refractivity contribution in [2.45, 2.75) is 31.2 Å². The Bertz CT molecular complexity index is 822. The van der Waals surface area contributed by atoms with Gasteiger partial charge in [0, 0.05) is 38.9 Å². The van der Waals surface area contributed by atoms with Gasteiger partial charge < -0.3 is 20.1 Å². The molecule has 1 aromatic carbocycles. The summed E-state index contributed by atoms with van der Waals surface area (Å²) in [7, 11) is -2.12. The van der Waals surface area contributed by atoms with Crippen LogP contribution in [0.4, 0.5) is 0 Å². The average molecular weight is 442 g/mol. The minimum atomic E-state index is -3.71. The number of carbonyl (C=O) groups excluding carboxylic acids is 2. The minimum absolute atomic E-state index is 0.0437. The molecule has 0 bridgehead atoms. The molecular weight excluding hydrogens is 410 g/mol. The number of benzene rings is 1. The number of nitrogens with zero attached hydrogens (tertiary/aromatic N) is 1. The maximum absolute atomic E-state index is 12.8. The maximum atomic E-state index is 12.8. The summed E-state index contributed by atoms with van der Waals surface area (Å²) in [6.07, 6.45) is 0.669. The number of sulfonamides is 1. The minimum Gasteiger partial charge on any atom is -0.385 e. The van der Waals surface area contributed by atoms with Crippen LogP contribution in [-0.2, 0) is 24.3 Å². The number of hydrogen-bond acceptors (Lipinski definition) is 6. The fraction of sp³-hybridized carbons (Fsp3) is 0.600. The van der Waals surface area contributed by atoms with Gasteiger partial charge in [0.15, 0.2) is 0 Å². The van der Waals surface area contributed by atoms with Crippen LogP contribution in [-0.4, -0.2) is 77.1 Å². The molecule has 9 nitrogen and oxygen atoms in total. The molecule has 1 aromatic rings. The second-order valence-electron chi connectivity index (χ2n) is 7.38. The van der Waals surface area contributed by atoms with Gasteiger partial charge in [0.2, 0.25) is 15.9 Å². The summed E-state index contributed by atoms with van der Waals surface area (Å²) in [6, 6.07) is 5.12. The molecule has 0 saturated carbocycles. The molecule has 0 radical (unpaired) electrons. The lowest BCUT2D eigenvalue weighted by Crippen LogP contribution is -2.50. The van der Waals surface area contributed by atoms with E-state index in [0.717, 1.165) is 0 Å². The molecule has 1 atom stereocenters. The molecule has 0 aliphatic carbocycles. The molecule has 1 fully saturated rings. The monoisotopic (exact) mass is 441 g/mol. The summed E-state index contributed by atoms with van der Waals surface area (Å²) in [5, 5.41) is 5.51. The normalized spacial score (nSPS) is 16.3. The van der Waals surface area contributed by atoms with Crippen molar-refractivity contribution in [3.8, 4) is 0 Å². The highest BCUT2D eigenvalue weighted by Crippen LogP contribution is 2.18. The number of hydrogen-bond donors (Lipinski definition) is 2. The first-order valence-electron chi connectivity index (χ1n) is 10.0. The van der Waals surface area contributed by atoms with Gasteiger partial charge in [-0.25, -0.2) is 8.42 Å². The van der Waals surface area contributed by atoms with Crippen molar-refractivity contribution in [2.75, 3.05) is 46.6 Å². The Kier molecular flexibility index (Phi) is 9.22. The van der Waals surface area contributed by atoms with Gasteiger partial charge >= 0.3 is 0 Å². The first kappa shape index (κ1) is 24.3. The molecule has 10 heteroatoms. The van der Waals surface area contributed by atoms with E-state index in [2.05, 4.69) is 10.6 Å². The van der Waals surface area contributed by atoms with E-state index < -0.39 is 22.0 Å². The largest absolute Gasteiger partial charge is 0.385 e. The number of amides is 2. The number of ether oxygens (including phenoxy) is 2. The van der Waals surface area contributed by atoms with Gasteiger partial charge in [-0.3, -0.25) is 9.59 Å². The van der Waals surface area contributed by atoms with E-state index in [1.165, 1.54) is 28.6 Å². The SMILES string of the molecule is COCCCNC(=O)[C@@H](NC(=O)c1cccc(S(=O)(=O)N2CCOCC2)c1)C(C)C. The number of methoxy groups -OCH3 is 1. The van der Waals surface area contributed by atoms with E-state index in [9.17, 15) is 18.0 Å². The van der Waals surface area contributed by atoms with Gasteiger partial charge in [0.25, 0.3) is 5.91 Å². The zero-order valence-corrected chi connectivity index (χ0v) is 18.5. The number of rotatable bonds is 10. The molecule has 1 aliphatic rings. The smallest absolute Gasteiger partial charge is 0.251 e. The van der Waals surface area contributed by atoms with Gasteiger partial charge in [-0.05, 0) is 30.5 Å². The van der Waals surface area contributed by atoms with E-state index in [-0.39, 0.29) is 35.4 Å². The summed E-state index contributed by atoms with van der Waals surface area (Å²) in [5.74, 6) is -0.928. The van der Waals surface area contributed by atoms with Crippen LogP contribution in [0, 0.1) is 5.92 Å². The molecule has 1 saturated heterocycles. The Morgan fingerprint density at radius 2 is 1.93 bits per heavy atom. The third-order valence-electron chi connectivity index (χ3n) is 4.76. The second-order valence-corrected chi connectivity index (χ2v) is 9.31. The van der Waals surface area contributed by atoms with E-state index in [1.54, 1.807) is 7.11 Å². The fourth-order valence-corrected chi connectivity index (χ4v) is 4.49. The topological polar surface area (TPSA) is 114 Å². The lowest BCUT2D eigenvalue weighted by Gasteiger charge is -2.26. The maximum Gasteiger partial charge on any atom is 0.251 e. The van der Waals surface area contributed by atoms with Crippen LogP contribution in [0.3, 0.4) is 0 Å². The second kappa shape index (κ2) is 11.4. The highest BCUT2D eigenvalue weighted by molar-refractivity contribution is 7.89. The van der Waals surface area contributed by atoms with Gasteiger partial charge in [0.1, 0.15) is 6.04 Å². The van der Waals surface area contributed by atoms with Crippen LogP contribution in [0.5, 0.6) is 0 Å². The van der Waals surface area contributed by atoms with Crippen LogP contribution in [0.2, 0.25) is 0 Å². The average Bonchev–Trinajstić information content (AvgIpc) is 2.75. The molecule has 2 amide bonds. The number of nitrogens with one attached hydrogen (secondary N) is 2. The molecule has 0 spiro atoms. The van der Waals surface area contributed by atoms with Crippen molar-refractivity contribution in [1.82, 2.24) is 14.9 Å². The molecule has 2 N–H and O–H groups in total. The Hall–Kier alpha value is -2.01. The Labute approximate surface area is 178 Å². The Morgan fingerprint density at radius 1 is 1.23 bits per heavy atom. The molecule has 0 unspecified atom stereocenters. The van der Waals surface area contributed by atoms with Crippen molar-refractivity contribution in [1.29, 1.82) is 0 Å². The first-order chi connectivity index (χ1) is 14.3. The van der Waals surface area contributed by atoms with Crippen LogP contribution in [0.1, 0.15) is 30.6 Å². The predicted molar refractivity (Wildman–Crippen MR) is 112 cm³/mol. The first-order valence-corrected chi connectivity index (χ1v) is 11.5. The van der Waals surface area contributed by atoms with Gasteiger partial charge in [-0.1, -0.05) is 19.9 Å². The van der Waals surface area contributed by atoms with Crippen LogP contribution >= 0.6 is 0 Å². The van der Waals surface area contributed by atoms with Crippen LogP contribution in [0.25, 0.3) is 0 Å². The van der Waals surface area contributed by atoms with Crippen molar-refractivity contribution >= 4 is 21.8 Å². The number of carbonyl (C=O) groups is 2. The van der Waals surface area contributed by atoms with Crippen molar-refractivity contribution in [2.24, 2.45) is 5.92 Å².